The Labute approximate surface area is 103 Å². The minimum Gasteiger partial charge on any atom is -0.478 e. The van der Waals surface area contributed by atoms with Gasteiger partial charge in [0.1, 0.15) is 11.4 Å². The number of pyridine rings is 1. The first-order valence-corrected chi connectivity index (χ1v) is 5.45. The fraction of sp³-hybridized carbons (Fsp3) is 0.273. The number of hydrogen-bond donors (Lipinski definition) is 1. The molecule has 1 N–H and O–H groups in total. The quantitative estimate of drug-likeness (QED) is 0.864. The van der Waals surface area contributed by atoms with Gasteiger partial charge in [0.25, 0.3) is 0 Å². The molecule has 0 bridgehead atoms. The number of carboxylic acids is 1. The highest BCUT2D eigenvalue weighted by Crippen LogP contribution is 2.21. The van der Waals surface area contributed by atoms with E-state index in [2.05, 4.69) is 27.5 Å². The summed E-state index contributed by atoms with van der Waals surface area (Å²) in [4.78, 5) is 16.9. The largest absolute Gasteiger partial charge is 0.478 e. The monoisotopic (exact) mass is 284 g/mol. The van der Waals surface area contributed by atoms with Crippen LogP contribution in [0.15, 0.2) is 28.9 Å². The van der Waals surface area contributed by atoms with Gasteiger partial charge >= 0.3 is 5.97 Å². The lowest BCUT2D eigenvalue weighted by atomic mass is 10.2. The highest BCUT2D eigenvalue weighted by molar-refractivity contribution is 9.10. The Hall–Kier alpha value is -1.36. The molecule has 0 aromatic carbocycles. The summed E-state index contributed by atoms with van der Waals surface area (Å²) >= 11 is 3.20. The van der Waals surface area contributed by atoms with E-state index in [1.165, 1.54) is 0 Å². The van der Waals surface area contributed by atoms with Gasteiger partial charge in [-0.15, -0.1) is 0 Å². The number of hydrogen-bond acceptors (Lipinski definition) is 3. The predicted octanol–water partition coefficient (Wildman–Crippen LogP) is 2.55. The molecular formula is C11H13BrN2O2. The molecule has 1 aromatic heterocycles. The van der Waals surface area contributed by atoms with Crippen molar-refractivity contribution in [3.8, 4) is 0 Å². The molecule has 1 rings (SSSR count). The number of halogens is 1. The maximum atomic E-state index is 11.1. The van der Waals surface area contributed by atoms with Crippen LogP contribution in [0, 0.1) is 0 Å². The van der Waals surface area contributed by atoms with Gasteiger partial charge in [-0.3, -0.25) is 0 Å². The standard InChI is InChI=1S/C11H13BrN2O2/c1-7(2)6-14(3)10-9(11(15)16)4-8(12)5-13-10/h4-5H,1,6H2,2-3H3,(H,15,16). The molecule has 4 nitrogen and oxygen atoms in total. The van der Waals surface area contributed by atoms with Gasteiger partial charge < -0.3 is 10.0 Å². The third-order valence-corrected chi connectivity index (χ3v) is 2.37. The van der Waals surface area contributed by atoms with E-state index in [-0.39, 0.29) is 5.56 Å². The predicted molar refractivity (Wildman–Crippen MR) is 67.0 cm³/mol. The van der Waals surface area contributed by atoms with E-state index < -0.39 is 5.97 Å². The minimum atomic E-state index is -0.989. The van der Waals surface area contributed by atoms with Crippen molar-refractivity contribution in [3.05, 3.63) is 34.5 Å². The van der Waals surface area contributed by atoms with Crippen molar-refractivity contribution in [2.75, 3.05) is 18.5 Å². The van der Waals surface area contributed by atoms with E-state index in [4.69, 9.17) is 5.11 Å². The van der Waals surface area contributed by atoms with Gasteiger partial charge in [0, 0.05) is 24.3 Å². The lowest BCUT2D eigenvalue weighted by Crippen LogP contribution is -2.22. The summed E-state index contributed by atoms with van der Waals surface area (Å²) in [5, 5.41) is 9.06. The molecule has 0 aliphatic carbocycles. The highest BCUT2D eigenvalue weighted by Gasteiger charge is 2.15. The molecule has 5 heteroatoms. The number of rotatable bonds is 4. The first-order valence-electron chi connectivity index (χ1n) is 4.66. The maximum Gasteiger partial charge on any atom is 0.339 e. The Morgan fingerprint density at radius 1 is 1.69 bits per heavy atom. The molecule has 0 aliphatic rings. The minimum absolute atomic E-state index is 0.179. The summed E-state index contributed by atoms with van der Waals surface area (Å²) in [6.07, 6.45) is 1.58. The van der Waals surface area contributed by atoms with Crippen LogP contribution >= 0.6 is 15.9 Å². The maximum absolute atomic E-state index is 11.1. The van der Waals surface area contributed by atoms with Crippen LogP contribution in [0.2, 0.25) is 0 Å². The Bertz CT molecular complexity index is 432. The van der Waals surface area contributed by atoms with Crippen molar-refractivity contribution in [1.29, 1.82) is 0 Å². The number of aromatic carboxylic acids is 1. The summed E-state index contributed by atoms with van der Waals surface area (Å²) < 4.78 is 0.650. The van der Waals surface area contributed by atoms with Crippen molar-refractivity contribution in [2.24, 2.45) is 0 Å². The zero-order chi connectivity index (χ0) is 12.3. The van der Waals surface area contributed by atoms with Crippen LogP contribution < -0.4 is 4.90 Å². The average Bonchev–Trinajstić information content (AvgIpc) is 2.16. The molecule has 86 valence electrons. The van der Waals surface area contributed by atoms with Crippen LogP contribution in [0.5, 0.6) is 0 Å². The van der Waals surface area contributed by atoms with Crippen molar-refractivity contribution in [1.82, 2.24) is 4.98 Å². The molecule has 0 saturated heterocycles. The van der Waals surface area contributed by atoms with Gasteiger partial charge in [0.15, 0.2) is 0 Å². The van der Waals surface area contributed by atoms with Crippen LogP contribution in [0.4, 0.5) is 5.82 Å². The van der Waals surface area contributed by atoms with Crippen LogP contribution in [0.1, 0.15) is 17.3 Å². The summed E-state index contributed by atoms with van der Waals surface area (Å²) in [5.41, 5.74) is 1.13. The van der Waals surface area contributed by atoms with Crippen molar-refractivity contribution >= 4 is 27.7 Å². The average molecular weight is 285 g/mol. The van der Waals surface area contributed by atoms with Crippen molar-refractivity contribution in [3.63, 3.8) is 0 Å². The Morgan fingerprint density at radius 3 is 2.81 bits per heavy atom. The molecule has 1 aromatic rings. The molecule has 0 saturated carbocycles. The molecule has 1 heterocycles. The second kappa shape index (κ2) is 5.12. The van der Waals surface area contributed by atoms with Crippen LogP contribution in [-0.2, 0) is 0 Å². The van der Waals surface area contributed by atoms with E-state index in [0.29, 0.717) is 16.8 Å². The Kier molecular flexibility index (Phi) is 4.06. The van der Waals surface area contributed by atoms with E-state index in [9.17, 15) is 4.79 Å². The van der Waals surface area contributed by atoms with Crippen LogP contribution in [0.25, 0.3) is 0 Å². The van der Waals surface area contributed by atoms with E-state index in [1.54, 1.807) is 24.2 Å². The SMILES string of the molecule is C=C(C)CN(C)c1ncc(Br)cc1C(=O)O. The van der Waals surface area contributed by atoms with E-state index in [0.717, 1.165) is 5.57 Å². The zero-order valence-corrected chi connectivity index (χ0v) is 10.8. The van der Waals surface area contributed by atoms with Gasteiger partial charge in [0.2, 0.25) is 0 Å². The fourth-order valence-electron chi connectivity index (χ4n) is 1.37. The molecule has 0 unspecified atom stereocenters. The molecule has 0 aliphatic heterocycles. The van der Waals surface area contributed by atoms with E-state index in [1.807, 2.05) is 6.92 Å². The van der Waals surface area contributed by atoms with Gasteiger partial charge in [-0.1, -0.05) is 12.2 Å². The number of anilines is 1. The Morgan fingerprint density at radius 2 is 2.31 bits per heavy atom. The molecule has 0 fully saturated rings. The Balaban J connectivity index is 3.12. The summed E-state index contributed by atoms with van der Waals surface area (Å²) in [6.45, 7) is 6.25. The van der Waals surface area contributed by atoms with Gasteiger partial charge in [-0.05, 0) is 28.9 Å². The number of aromatic nitrogens is 1. The molecule has 0 amide bonds. The molecule has 16 heavy (non-hydrogen) atoms. The number of carboxylic acid groups (broad SMARTS) is 1. The van der Waals surface area contributed by atoms with Crippen LogP contribution in [-0.4, -0.2) is 29.7 Å². The topological polar surface area (TPSA) is 53.4 Å². The number of likely N-dealkylation sites (N-methyl/N-ethyl adjacent to an activating group) is 1. The zero-order valence-electron chi connectivity index (χ0n) is 9.20. The summed E-state index contributed by atoms with van der Waals surface area (Å²) in [5.74, 6) is -0.545. The number of carbonyl (C=O) groups is 1. The van der Waals surface area contributed by atoms with Crippen LogP contribution in [0.3, 0.4) is 0 Å². The summed E-state index contributed by atoms with van der Waals surface area (Å²) in [7, 11) is 1.79. The fourth-order valence-corrected chi connectivity index (χ4v) is 1.70. The van der Waals surface area contributed by atoms with Gasteiger partial charge in [-0.2, -0.15) is 0 Å². The lowest BCUT2D eigenvalue weighted by molar-refractivity contribution is 0.0697. The number of nitrogens with zero attached hydrogens (tertiary/aromatic N) is 2. The van der Waals surface area contributed by atoms with Crippen molar-refractivity contribution < 1.29 is 9.90 Å². The molecule has 0 atom stereocenters. The second-order valence-electron chi connectivity index (χ2n) is 3.64. The molecule has 0 spiro atoms. The normalized spacial score (nSPS) is 9.94. The van der Waals surface area contributed by atoms with Gasteiger partial charge in [-0.25, -0.2) is 9.78 Å². The van der Waals surface area contributed by atoms with Gasteiger partial charge in [0.05, 0.1) is 0 Å². The first kappa shape index (κ1) is 12.7. The third kappa shape index (κ3) is 3.06. The molecule has 0 radical (unpaired) electrons. The third-order valence-electron chi connectivity index (χ3n) is 1.93. The second-order valence-corrected chi connectivity index (χ2v) is 4.56. The highest BCUT2D eigenvalue weighted by atomic mass is 79.9. The summed E-state index contributed by atoms with van der Waals surface area (Å²) in [6, 6.07) is 1.54. The van der Waals surface area contributed by atoms with Crippen molar-refractivity contribution in [2.45, 2.75) is 6.92 Å². The van der Waals surface area contributed by atoms with E-state index >= 15 is 0 Å². The molecular weight excluding hydrogens is 272 g/mol. The smallest absolute Gasteiger partial charge is 0.339 e. The lowest BCUT2D eigenvalue weighted by Gasteiger charge is -2.19. The first-order chi connectivity index (χ1) is 7.41.